The number of nitrogens with two attached hydrogens (primary N) is 1. The summed E-state index contributed by atoms with van der Waals surface area (Å²) in [5.74, 6) is 6.51. The third-order valence-electron chi connectivity index (χ3n) is 6.23. The first-order chi connectivity index (χ1) is 16.4. The molecule has 2 aliphatic rings. The van der Waals surface area contributed by atoms with Gasteiger partial charge in [0.1, 0.15) is 17.2 Å². The van der Waals surface area contributed by atoms with E-state index in [1.165, 1.54) is 6.07 Å². The second kappa shape index (κ2) is 8.23. The van der Waals surface area contributed by atoms with Crippen LogP contribution in [0.4, 0.5) is 10.2 Å². The van der Waals surface area contributed by atoms with Crippen molar-refractivity contribution in [1.82, 2.24) is 24.2 Å². The number of carbonyl (C=O) groups excluding carboxylic acids is 2. The lowest BCUT2D eigenvalue weighted by Gasteiger charge is -2.15. The normalized spacial score (nSPS) is 17.3. The minimum atomic E-state index is -0.714. The van der Waals surface area contributed by atoms with Crippen molar-refractivity contribution in [3.63, 3.8) is 0 Å². The minimum Gasteiger partial charge on any atom is -0.373 e. The molecule has 1 unspecified atom stereocenters. The number of halogens is 1. The molecule has 0 spiro atoms. The average molecular weight is 459 g/mol. The van der Waals surface area contributed by atoms with Crippen molar-refractivity contribution in [1.29, 1.82) is 0 Å². The molecule has 1 aliphatic carbocycles. The van der Waals surface area contributed by atoms with Gasteiger partial charge >= 0.3 is 0 Å². The SMILES string of the molecule is C#CC(=O)N1CCC(n2nc(C#Cc3cc4ncn(C5CC5)c4cc3F)c(C(N)=O)c2NC)C1. The number of primary amides is 1. The van der Waals surface area contributed by atoms with Gasteiger partial charge in [0, 0.05) is 32.2 Å². The van der Waals surface area contributed by atoms with Gasteiger partial charge in [-0.15, -0.1) is 6.42 Å². The molecule has 2 fully saturated rings. The van der Waals surface area contributed by atoms with Crippen LogP contribution in [0.5, 0.6) is 0 Å². The van der Waals surface area contributed by atoms with E-state index in [0.29, 0.717) is 36.9 Å². The Kier molecular flexibility index (Phi) is 5.21. The lowest BCUT2D eigenvalue weighted by Crippen LogP contribution is -2.28. The highest BCUT2D eigenvalue weighted by Crippen LogP contribution is 2.37. The van der Waals surface area contributed by atoms with Gasteiger partial charge < -0.3 is 20.5 Å². The summed E-state index contributed by atoms with van der Waals surface area (Å²) in [6, 6.07) is 3.20. The molecule has 1 aromatic carbocycles. The number of benzene rings is 1. The van der Waals surface area contributed by atoms with Crippen molar-refractivity contribution < 1.29 is 14.0 Å². The number of nitrogens with zero attached hydrogens (tertiary/aromatic N) is 5. The van der Waals surface area contributed by atoms with E-state index in [0.717, 1.165) is 18.4 Å². The number of nitrogens with one attached hydrogen (secondary N) is 1. The summed E-state index contributed by atoms with van der Waals surface area (Å²) in [4.78, 5) is 30.0. The number of imidazole rings is 1. The largest absolute Gasteiger partial charge is 0.373 e. The first-order valence-corrected chi connectivity index (χ1v) is 10.9. The summed E-state index contributed by atoms with van der Waals surface area (Å²) in [6.45, 7) is 0.821. The monoisotopic (exact) mass is 459 g/mol. The van der Waals surface area contributed by atoms with Crippen molar-refractivity contribution in [3.05, 3.63) is 41.1 Å². The van der Waals surface area contributed by atoms with Crippen LogP contribution in [0.15, 0.2) is 18.5 Å². The number of terminal acetylenes is 1. The molecule has 5 rings (SSSR count). The van der Waals surface area contributed by atoms with E-state index in [-0.39, 0.29) is 22.9 Å². The standard InChI is InChI=1S/C24H22FN7O2/c1-3-21(33)30-9-8-16(12-30)32-24(27-2)22(23(26)34)18(29-32)7-4-14-10-19-20(11-17(14)25)31(13-28-19)15-5-6-15/h1,10-11,13,15-16,27H,5-6,8-9,12H2,2H3,(H2,26,34). The molecule has 1 saturated carbocycles. The molecule has 2 amide bonds. The molecular weight excluding hydrogens is 437 g/mol. The van der Waals surface area contributed by atoms with Gasteiger partial charge in [0.25, 0.3) is 11.8 Å². The predicted molar refractivity (Wildman–Crippen MR) is 123 cm³/mol. The Morgan fingerprint density at radius 1 is 1.24 bits per heavy atom. The second-order valence-electron chi connectivity index (χ2n) is 8.42. The first-order valence-electron chi connectivity index (χ1n) is 10.9. The third-order valence-corrected chi connectivity index (χ3v) is 6.23. The molecule has 3 aromatic rings. The summed E-state index contributed by atoms with van der Waals surface area (Å²) in [5.41, 5.74) is 7.40. The topological polar surface area (TPSA) is 111 Å². The van der Waals surface area contributed by atoms with Crippen LogP contribution in [0.2, 0.25) is 0 Å². The van der Waals surface area contributed by atoms with E-state index in [2.05, 4.69) is 33.2 Å². The van der Waals surface area contributed by atoms with Gasteiger partial charge in [-0.25, -0.2) is 14.1 Å². The Hall–Kier alpha value is -4.31. The Labute approximate surface area is 195 Å². The number of rotatable bonds is 4. The molecule has 1 atom stereocenters. The summed E-state index contributed by atoms with van der Waals surface area (Å²) in [7, 11) is 1.64. The van der Waals surface area contributed by atoms with Crippen LogP contribution >= 0.6 is 0 Å². The predicted octanol–water partition coefficient (Wildman–Crippen LogP) is 1.65. The van der Waals surface area contributed by atoms with Gasteiger partial charge in [0.2, 0.25) is 0 Å². The van der Waals surface area contributed by atoms with Crippen LogP contribution in [0.1, 0.15) is 53.0 Å². The number of hydrogen-bond donors (Lipinski definition) is 2. The van der Waals surface area contributed by atoms with Crippen LogP contribution in [0.3, 0.4) is 0 Å². The fourth-order valence-corrected chi connectivity index (χ4v) is 4.39. The first kappa shape index (κ1) is 21.5. The van der Waals surface area contributed by atoms with Crippen molar-refractivity contribution in [3.8, 4) is 24.2 Å². The Bertz CT molecular complexity index is 1430. The van der Waals surface area contributed by atoms with Gasteiger partial charge in [-0.1, -0.05) is 5.92 Å². The number of amides is 2. The average Bonchev–Trinajstić information content (AvgIpc) is 3.24. The highest BCUT2D eigenvalue weighted by molar-refractivity contribution is 6.00. The number of carbonyl (C=O) groups is 2. The fraction of sp³-hybridized carbons (Fsp3) is 0.333. The van der Waals surface area contributed by atoms with E-state index in [1.54, 1.807) is 29.0 Å². The van der Waals surface area contributed by atoms with Crippen molar-refractivity contribution >= 4 is 28.7 Å². The zero-order chi connectivity index (χ0) is 24.0. The van der Waals surface area contributed by atoms with E-state index in [1.807, 2.05) is 4.57 Å². The quantitative estimate of drug-likeness (QED) is 0.577. The molecule has 9 nitrogen and oxygen atoms in total. The summed E-state index contributed by atoms with van der Waals surface area (Å²) in [6.07, 6.45) is 9.69. The molecule has 0 bridgehead atoms. The Morgan fingerprint density at radius 2 is 2.03 bits per heavy atom. The Balaban J connectivity index is 1.52. The van der Waals surface area contributed by atoms with Crippen molar-refractivity contribution in [2.75, 3.05) is 25.5 Å². The molecule has 0 radical (unpaired) electrons. The zero-order valence-corrected chi connectivity index (χ0v) is 18.5. The molecule has 10 heteroatoms. The molecule has 3 N–H and O–H groups in total. The maximum atomic E-state index is 14.8. The van der Waals surface area contributed by atoms with Crippen LogP contribution in [-0.4, -0.2) is 56.2 Å². The van der Waals surface area contributed by atoms with E-state index in [9.17, 15) is 14.0 Å². The molecule has 1 aliphatic heterocycles. The smallest absolute Gasteiger partial charge is 0.298 e. The van der Waals surface area contributed by atoms with Gasteiger partial charge in [-0.2, -0.15) is 5.10 Å². The summed E-state index contributed by atoms with van der Waals surface area (Å²) < 4.78 is 18.4. The summed E-state index contributed by atoms with van der Waals surface area (Å²) in [5, 5.41) is 7.45. The van der Waals surface area contributed by atoms with Crippen LogP contribution < -0.4 is 11.1 Å². The van der Waals surface area contributed by atoms with E-state index < -0.39 is 17.6 Å². The highest BCUT2D eigenvalue weighted by Gasteiger charge is 2.31. The van der Waals surface area contributed by atoms with Crippen LogP contribution in [-0.2, 0) is 4.79 Å². The maximum Gasteiger partial charge on any atom is 0.298 e. The van der Waals surface area contributed by atoms with Crippen molar-refractivity contribution in [2.45, 2.75) is 31.3 Å². The molecule has 34 heavy (non-hydrogen) atoms. The number of likely N-dealkylation sites (tertiary alicyclic amines) is 1. The fourth-order valence-electron chi connectivity index (χ4n) is 4.39. The Morgan fingerprint density at radius 3 is 2.71 bits per heavy atom. The van der Waals surface area contributed by atoms with E-state index >= 15 is 0 Å². The molecule has 2 aromatic heterocycles. The minimum absolute atomic E-state index is 0.108. The van der Waals surface area contributed by atoms with Crippen LogP contribution in [0.25, 0.3) is 11.0 Å². The molecule has 172 valence electrons. The summed E-state index contributed by atoms with van der Waals surface area (Å²) >= 11 is 0. The molecule has 1 saturated heterocycles. The van der Waals surface area contributed by atoms with Crippen LogP contribution in [0, 0.1) is 30.0 Å². The number of fused-ring (bicyclic) bond motifs is 1. The molecular formula is C24H22FN7O2. The second-order valence-corrected chi connectivity index (χ2v) is 8.42. The van der Waals surface area contributed by atoms with Gasteiger partial charge in [0.15, 0.2) is 5.69 Å². The molecule has 3 heterocycles. The lowest BCUT2D eigenvalue weighted by molar-refractivity contribution is -0.124. The van der Waals surface area contributed by atoms with Crippen molar-refractivity contribution in [2.24, 2.45) is 5.73 Å². The third kappa shape index (κ3) is 3.63. The number of hydrogen-bond acceptors (Lipinski definition) is 5. The highest BCUT2D eigenvalue weighted by atomic mass is 19.1. The zero-order valence-electron chi connectivity index (χ0n) is 18.5. The van der Waals surface area contributed by atoms with E-state index in [4.69, 9.17) is 12.2 Å². The number of anilines is 1. The van der Waals surface area contributed by atoms with Gasteiger partial charge in [-0.05, 0) is 37.2 Å². The number of aromatic nitrogens is 4. The maximum absolute atomic E-state index is 14.8. The van der Waals surface area contributed by atoms with Gasteiger partial charge in [-0.3, -0.25) is 9.59 Å². The van der Waals surface area contributed by atoms with Gasteiger partial charge in [0.05, 0.1) is 29.0 Å². The lowest BCUT2D eigenvalue weighted by atomic mass is 10.1.